The van der Waals surface area contributed by atoms with Gasteiger partial charge in [-0.15, -0.1) is 11.3 Å². The molecular formula is C5H7FO4P2S. The molecule has 0 aliphatic heterocycles. The first-order valence-corrected chi connectivity index (χ1v) is 6.71. The molecule has 1 heterocycles. The van der Waals surface area contributed by atoms with Gasteiger partial charge in [0.05, 0.1) is 4.88 Å². The van der Waals surface area contributed by atoms with Gasteiger partial charge in [-0.05, 0) is 11.4 Å². The van der Waals surface area contributed by atoms with Crippen molar-refractivity contribution in [3.8, 4) is 0 Å². The highest BCUT2D eigenvalue weighted by atomic mass is 32.1. The molecule has 1 aromatic heterocycles. The van der Waals surface area contributed by atoms with Crippen molar-refractivity contribution in [1.29, 1.82) is 0 Å². The van der Waals surface area contributed by atoms with Gasteiger partial charge < -0.3 is 10.00 Å². The lowest BCUT2D eigenvalue weighted by Gasteiger charge is -2.18. The molecule has 3 unspecified atom stereocenters. The highest BCUT2D eigenvalue weighted by Gasteiger charge is 2.43. The van der Waals surface area contributed by atoms with Crippen molar-refractivity contribution in [3.05, 3.63) is 22.4 Å². The lowest BCUT2D eigenvalue weighted by Crippen LogP contribution is -2.12. The second-order valence-electron chi connectivity index (χ2n) is 2.27. The van der Waals surface area contributed by atoms with Crippen molar-refractivity contribution in [3.63, 3.8) is 0 Å². The summed E-state index contributed by atoms with van der Waals surface area (Å²) < 4.78 is 33.8. The highest BCUT2D eigenvalue weighted by molar-refractivity contribution is 7.59. The van der Waals surface area contributed by atoms with Crippen LogP contribution in [0.25, 0.3) is 0 Å². The maximum Gasteiger partial charge on any atom is 0.278 e. The predicted octanol–water partition coefficient (Wildman–Crippen LogP) is 1.76. The molecule has 0 aromatic carbocycles. The van der Waals surface area contributed by atoms with E-state index in [-0.39, 0.29) is 4.88 Å². The predicted molar refractivity (Wildman–Crippen MR) is 49.5 cm³/mol. The van der Waals surface area contributed by atoms with Crippen LogP contribution in [0.15, 0.2) is 17.5 Å². The van der Waals surface area contributed by atoms with Crippen LogP contribution >= 0.6 is 27.5 Å². The minimum atomic E-state index is -3.99. The van der Waals surface area contributed by atoms with Crippen LogP contribution in [-0.4, -0.2) is 10.00 Å². The fourth-order valence-corrected chi connectivity index (χ4v) is 3.50. The summed E-state index contributed by atoms with van der Waals surface area (Å²) in [4.78, 5) is 8.62. The Morgan fingerprint density at radius 2 is 2.15 bits per heavy atom. The summed E-state index contributed by atoms with van der Waals surface area (Å²) in [6, 6.07) is 2.74. The molecule has 2 N–H and O–H groups in total. The molecule has 4 nitrogen and oxygen atoms in total. The molecule has 0 amide bonds. The lowest BCUT2D eigenvalue weighted by molar-refractivity contribution is 0.194. The Morgan fingerprint density at radius 3 is 2.46 bits per heavy atom. The van der Waals surface area contributed by atoms with E-state index in [9.17, 15) is 18.4 Å². The molecule has 1 aromatic rings. The number of halogens is 1. The summed E-state index contributed by atoms with van der Waals surface area (Å²) in [5.74, 6) is 0. The summed E-state index contributed by atoms with van der Waals surface area (Å²) in [6.07, 6.45) is 0. The molecular weight excluding hydrogens is 237 g/mol. The van der Waals surface area contributed by atoms with Crippen LogP contribution < -0.4 is 0 Å². The second-order valence-corrected chi connectivity index (χ2v) is 6.32. The van der Waals surface area contributed by atoms with Gasteiger partial charge in [0.2, 0.25) is 8.03 Å². The van der Waals surface area contributed by atoms with Crippen LogP contribution in [0.1, 0.15) is 4.88 Å². The first-order valence-electron chi connectivity index (χ1n) is 3.19. The van der Waals surface area contributed by atoms with Gasteiger partial charge in [0.1, 0.15) is 0 Å². The van der Waals surface area contributed by atoms with Gasteiger partial charge in [0, 0.05) is 0 Å². The zero-order chi connectivity index (χ0) is 10.1. The summed E-state index contributed by atoms with van der Waals surface area (Å²) in [5, 5.41) is 8.20. The van der Waals surface area contributed by atoms with Gasteiger partial charge in [-0.2, -0.15) is 4.20 Å². The monoisotopic (exact) mass is 244 g/mol. The molecule has 0 fully saturated rings. The molecule has 3 atom stereocenters. The molecule has 8 heteroatoms. The Bertz CT molecular complexity index is 324. The Balaban J connectivity index is 3.21. The molecule has 13 heavy (non-hydrogen) atoms. The van der Waals surface area contributed by atoms with E-state index in [4.69, 9.17) is 4.89 Å². The number of rotatable bonds is 3. The van der Waals surface area contributed by atoms with E-state index in [1.54, 1.807) is 0 Å². The molecule has 0 aliphatic rings. The molecule has 1 rings (SSSR count). The zero-order valence-corrected chi connectivity index (χ0v) is 9.05. The minimum Gasteiger partial charge on any atom is -0.367 e. The van der Waals surface area contributed by atoms with E-state index < -0.39 is 21.2 Å². The minimum absolute atomic E-state index is 0.0784. The molecule has 74 valence electrons. The molecule has 0 aliphatic carbocycles. The third-order valence-corrected chi connectivity index (χ3v) is 5.77. The summed E-state index contributed by atoms with van der Waals surface area (Å²) in [7, 11) is -7.61. The summed E-state index contributed by atoms with van der Waals surface area (Å²) >= 11 is 0.887. The third-order valence-electron chi connectivity index (χ3n) is 1.47. The summed E-state index contributed by atoms with van der Waals surface area (Å²) in [6.45, 7) is 0. The van der Waals surface area contributed by atoms with Crippen LogP contribution in [0.2, 0.25) is 0 Å². The fraction of sp³-hybridized carbons (Fsp3) is 0.200. The lowest BCUT2D eigenvalue weighted by atomic mass is 10.5. The quantitative estimate of drug-likeness (QED) is 0.794. The van der Waals surface area contributed by atoms with Gasteiger partial charge >= 0.3 is 0 Å². The van der Waals surface area contributed by atoms with Crippen molar-refractivity contribution >= 4 is 27.5 Å². The number of hydrogen-bond donors (Lipinski definition) is 2. The van der Waals surface area contributed by atoms with E-state index >= 15 is 0 Å². The normalized spacial score (nSPS) is 20.5. The van der Waals surface area contributed by atoms with Gasteiger partial charge in [-0.3, -0.25) is 9.13 Å². The second kappa shape index (κ2) is 4.03. The first-order chi connectivity index (χ1) is 5.99. The molecule has 0 saturated heterocycles. The Kier molecular flexibility index (Phi) is 3.44. The van der Waals surface area contributed by atoms with Gasteiger partial charge in [0.15, 0.2) is 0 Å². The molecule has 0 spiro atoms. The highest BCUT2D eigenvalue weighted by Crippen LogP contribution is 2.60. The summed E-state index contributed by atoms with van der Waals surface area (Å²) in [5.41, 5.74) is 0. The molecule has 0 radical (unpaired) electrons. The van der Waals surface area contributed by atoms with Gasteiger partial charge in [-0.25, -0.2) is 0 Å². The first kappa shape index (κ1) is 11.1. The maximum absolute atomic E-state index is 12.5. The zero-order valence-electron chi connectivity index (χ0n) is 6.23. The van der Waals surface area contributed by atoms with Crippen LogP contribution in [0.3, 0.4) is 0 Å². The number of hydrogen-bond acceptors (Lipinski definition) is 4. The fourth-order valence-electron chi connectivity index (χ4n) is 0.771. The SMILES string of the molecule is O=[PH](O)C(O)(c1cccs1)[PH](=O)F. The number of aliphatic hydroxyl groups is 1. The van der Waals surface area contributed by atoms with E-state index in [0.29, 0.717) is 0 Å². The van der Waals surface area contributed by atoms with Crippen molar-refractivity contribution in [2.45, 2.75) is 5.08 Å². The van der Waals surface area contributed by atoms with E-state index in [1.807, 2.05) is 0 Å². The largest absolute Gasteiger partial charge is 0.367 e. The van der Waals surface area contributed by atoms with Gasteiger partial charge in [-0.1, -0.05) is 6.07 Å². The molecule has 0 saturated carbocycles. The smallest absolute Gasteiger partial charge is 0.278 e. The van der Waals surface area contributed by atoms with Crippen LogP contribution in [0, 0.1) is 0 Å². The van der Waals surface area contributed by atoms with Crippen molar-refractivity contribution in [1.82, 2.24) is 0 Å². The Morgan fingerprint density at radius 1 is 1.54 bits per heavy atom. The van der Waals surface area contributed by atoms with E-state index in [1.165, 1.54) is 17.5 Å². The third kappa shape index (κ3) is 1.92. The van der Waals surface area contributed by atoms with Crippen LogP contribution in [0.5, 0.6) is 0 Å². The maximum atomic E-state index is 12.5. The average molecular weight is 244 g/mol. The van der Waals surface area contributed by atoms with Crippen molar-refractivity contribution < 1.29 is 23.3 Å². The Labute approximate surface area is 78.8 Å². The van der Waals surface area contributed by atoms with E-state index in [2.05, 4.69) is 0 Å². The van der Waals surface area contributed by atoms with Crippen LogP contribution in [-0.2, 0) is 14.2 Å². The van der Waals surface area contributed by atoms with Crippen molar-refractivity contribution in [2.75, 3.05) is 0 Å². The van der Waals surface area contributed by atoms with Crippen molar-refractivity contribution in [2.24, 2.45) is 0 Å². The van der Waals surface area contributed by atoms with E-state index in [0.717, 1.165) is 11.3 Å². The number of thiophene rings is 1. The standard InChI is InChI=1S/C5H7FO4P2S/c6-11(8)5(7,12(9)10)4-2-1-3-13-4/h1-3,7,11-12H,(H,9,10). The average Bonchev–Trinajstić information content (AvgIpc) is 2.54. The van der Waals surface area contributed by atoms with Gasteiger partial charge in [0.25, 0.3) is 13.2 Å². The molecule has 0 bridgehead atoms. The Hall–Kier alpha value is 0.01000. The topological polar surface area (TPSA) is 74.6 Å². The van der Waals surface area contributed by atoms with Crippen LogP contribution in [0.4, 0.5) is 4.20 Å².